The van der Waals surface area contributed by atoms with Crippen LogP contribution in [0.15, 0.2) is 54.6 Å². The van der Waals surface area contributed by atoms with Crippen LogP contribution in [0.1, 0.15) is 46.0 Å². The Labute approximate surface area is 165 Å². The van der Waals surface area contributed by atoms with Crippen molar-refractivity contribution in [2.45, 2.75) is 40.2 Å². The van der Waals surface area contributed by atoms with Gasteiger partial charge in [0, 0.05) is 28.4 Å². The Morgan fingerprint density at radius 2 is 1.82 bits per heavy atom. The number of primary amides is 1. The molecule has 0 radical (unpaired) electrons. The van der Waals surface area contributed by atoms with Gasteiger partial charge in [0.25, 0.3) is 0 Å². The van der Waals surface area contributed by atoms with Crippen molar-refractivity contribution in [2.75, 3.05) is 0 Å². The van der Waals surface area contributed by atoms with Gasteiger partial charge in [0.2, 0.25) is 5.91 Å². The first kappa shape index (κ1) is 18.3. The number of carbonyl (C=O) groups excluding carboxylic acids is 1. The van der Waals surface area contributed by atoms with Crippen molar-refractivity contribution in [3.63, 3.8) is 0 Å². The maximum atomic E-state index is 12.1. The van der Waals surface area contributed by atoms with Crippen LogP contribution in [-0.2, 0) is 13.0 Å². The van der Waals surface area contributed by atoms with Crippen LogP contribution in [0, 0.1) is 13.8 Å². The van der Waals surface area contributed by atoms with Crippen molar-refractivity contribution in [1.29, 1.82) is 0 Å². The Balaban J connectivity index is 2.03. The predicted molar refractivity (Wildman–Crippen MR) is 117 cm³/mol. The van der Waals surface area contributed by atoms with E-state index in [1.54, 1.807) is 0 Å². The minimum absolute atomic E-state index is 0.381. The summed E-state index contributed by atoms with van der Waals surface area (Å²) in [6, 6.07) is 19.0. The Bertz CT molecular complexity index is 1200. The molecule has 0 spiro atoms. The fourth-order valence-electron chi connectivity index (χ4n) is 4.15. The van der Waals surface area contributed by atoms with E-state index in [9.17, 15) is 4.79 Å². The van der Waals surface area contributed by atoms with Crippen molar-refractivity contribution in [3.8, 4) is 0 Å². The monoisotopic (exact) mass is 370 g/mol. The van der Waals surface area contributed by atoms with E-state index in [4.69, 9.17) is 5.73 Å². The molecule has 0 aliphatic carbocycles. The first-order valence-electron chi connectivity index (χ1n) is 9.89. The van der Waals surface area contributed by atoms with E-state index in [0.717, 1.165) is 41.2 Å². The largest absolute Gasteiger partial charge is 0.366 e. The molecule has 4 aromatic rings. The van der Waals surface area contributed by atoms with Gasteiger partial charge in [0.05, 0.1) is 5.52 Å². The maximum absolute atomic E-state index is 12.1. The maximum Gasteiger partial charge on any atom is 0.249 e. The van der Waals surface area contributed by atoms with E-state index in [0.29, 0.717) is 5.56 Å². The second-order valence-corrected chi connectivity index (χ2v) is 7.68. The minimum Gasteiger partial charge on any atom is -0.366 e. The van der Waals surface area contributed by atoms with E-state index in [1.165, 1.54) is 22.3 Å². The van der Waals surface area contributed by atoms with Crippen molar-refractivity contribution in [2.24, 2.45) is 5.73 Å². The molecular formula is C25H26N2O. The van der Waals surface area contributed by atoms with Crippen molar-refractivity contribution in [1.82, 2.24) is 4.57 Å². The number of nitrogens with zero attached hydrogens (tertiary/aromatic N) is 1. The van der Waals surface area contributed by atoms with E-state index in [2.05, 4.69) is 67.8 Å². The number of carbonyl (C=O) groups is 1. The molecule has 0 aliphatic heterocycles. The van der Waals surface area contributed by atoms with Crippen LogP contribution in [0.5, 0.6) is 0 Å². The minimum atomic E-state index is -0.381. The standard InChI is InChI=1S/C25H26N2O/c1-4-6-18-11-12-20-23(14-18)27(15-19-13-16(2)9-10-17(19)3)22-8-5-7-21(24(20)22)25(26)28/h5,7-14H,4,6,15H2,1-3H3,(H2,26,28). The predicted octanol–water partition coefficient (Wildman–Crippen LogP) is 5.51. The van der Waals surface area contributed by atoms with Gasteiger partial charge in [-0.2, -0.15) is 0 Å². The van der Waals surface area contributed by atoms with E-state index >= 15 is 0 Å². The number of hydrogen-bond acceptors (Lipinski definition) is 1. The molecular weight excluding hydrogens is 344 g/mol. The number of amides is 1. The number of nitrogens with two attached hydrogens (primary N) is 1. The number of aryl methyl sites for hydroxylation is 3. The highest BCUT2D eigenvalue weighted by molar-refractivity contribution is 6.18. The third kappa shape index (κ3) is 3.07. The number of fused-ring (bicyclic) bond motifs is 3. The van der Waals surface area contributed by atoms with Gasteiger partial charge >= 0.3 is 0 Å². The molecule has 0 aliphatic rings. The number of rotatable bonds is 5. The highest BCUT2D eigenvalue weighted by Gasteiger charge is 2.17. The van der Waals surface area contributed by atoms with Gasteiger partial charge in [-0.15, -0.1) is 0 Å². The van der Waals surface area contributed by atoms with Crippen LogP contribution in [0.2, 0.25) is 0 Å². The van der Waals surface area contributed by atoms with Crippen LogP contribution < -0.4 is 5.73 Å². The highest BCUT2D eigenvalue weighted by atomic mass is 16.1. The Morgan fingerprint density at radius 3 is 2.57 bits per heavy atom. The number of aromatic nitrogens is 1. The summed E-state index contributed by atoms with van der Waals surface area (Å²) < 4.78 is 2.33. The van der Waals surface area contributed by atoms with Gasteiger partial charge in [-0.05, 0) is 55.2 Å². The molecule has 0 unspecified atom stereocenters. The normalized spacial score (nSPS) is 11.4. The van der Waals surface area contributed by atoms with Crippen molar-refractivity contribution < 1.29 is 4.79 Å². The number of benzene rings is 3. The zero-order valence-electron chi connectivity index (χ0n) is 16.8. The average Bonchev–Trinajstić information content (AvgIpc) is 2.98. The topological polar surface area (TPSA) is 48.0 Å². The molecule has 0 saturated carbocycles. The molecule has 3 aromatic carbocycles. The van der Waals surface area contributed by atoms with Crippen molar-refractivity contribution in [3.05, 3.63) is 82.4 Å². The van der Waals surface area contributed by atoms with Gasteiger partial charge < -0.3 is 10.3 Å². The summed E-state index contributed by atoms with van der Waals surface area (Å²) in [5.74, 6) is -0.381. The Morgan fingerprint density at radius 1 is 1.00 bits per heavy atom. The molecule has 0 bridgehead atoms. The molecule has 142 valence electrons. The summed E-state index contributed by atoms with van der Waals surface area (Å²) in [5, 5.41) is 2.05. The lowest BCUT2D eigenvalue weighted by Crippen LogP contribution is -2.11. The highest BCUT2D eigenvalue weighted by Crippen LogP contribution is 2.33. The fraction of sp³-hybridized carbons (Fsp3) is 0.240. The molecule has 1 amide bonds. The SMILES string of the molecule is CCCc1ccc2c3c(C(N)=O)cccc3n(Cc3cc(C)ccc3C)c2c1. The lowest BCUT2D eigenvalue weighted by atomic mass is 10.0. The van der Waals surface area contributed by atoms with Gasteiger partial charge in [0.15, 0.2) is 0 Å². The molecule has 3 heteroatoms. The molecule has 1 aromatic heterocycles. The summed E-state index contributed by atoms with van der Waals surface area (Å²) in [5.41, 5.74) is 13.7. The molecule has 3 nitrogen and oxygen atoms in total. The molecule has 4 rings (SSSR count). The quantitative estimate of drug-likeness (QED) is 0.495. The van der Waals surface area contributed by atoms with E-state index in [1.807, 2.05) is 12.1 Å². The second-order valence-electron chi connectivity index (χ2n) is 7.68. The summed E-state index contributed by atoms with van der Waals surface area (Å²) in [6.07, 6.45) is 2.15. The Kier molecular flexibility index (Phi) is 4.68. The second kappa shape index (κ2) is 7.16. The fourth-order valence-corrected chi connectivity index (χ4v) is 4.15. The molecule has 1 heterocycles. The summed E-state index contributed by atoms with van der Waals surface area (Å²) in [7, 11) is 0. The van der Waals surface area contributed by atoms with E-state index in [-0.39, 0.29) is 5.91 Å². The van der Waals surface area contributed by atoms with Gasteiger partial charge in [-0.25, -0.2) is 0 Å². The van der Waals surface area contributed by atoms with Gasteiger partial charge in [-0.3, -0.25) is 4.79 Å². The van der Waals surface area contributed by atoms with Crippen LogP contribution >= 0.6 is 0 Å². The molecule has 28 heavy (non-hydrogen) atoms. The number of hydrogen-bond donors (Lipinski definition) is 1. The lowest BCUT2D eigenvalue weighted by molar-refractivity contribution is 0.100. The lowest BCUT2D eigenvalue weighted by Gasteiger charge is -2.12. The van der Waals surface area contributed by atoms with Gasteiger partial charge in [0.1, 0.15) is 0 Å². The average molecular weight is 370 g/mol. The van der Waals surface area contributed by atoms with Crippen molar-refractivity contribution >= 4 is 27.7 Å². The molecule has 0 atom stereocenters. The smallest absolute Gasteiger partial charge is 0.249 e. The van der Waals surface area contributed by atoms with E-state index < -0.39 is 0 Å². The van der Waals surface area contributed by atoms with Crippen LogP contribution in [0.3, 0.4) is 0 Å². The third-order valence-corrected chi connectivity index (χ3v) is 5.59. The van der Waals surface area contributed by atoms with Crippen LogP contribution in [0.25, 0.3) is 21.8 Å². The van der Waals surface area contributed by atoms with Gasteiger partial charge in [-0.1, -0.05) is 55.3 Å². The summed E-state index contributed by atoms with van der Waals surface area (Å²) >= 11 is 0. The van der Waals surface area contributed by atoms with Crippen LogP contribution in [0.4, 0.5) is 0 Å². The third-order valence-electron chi connectivity index (χ3n) is 5.59. The molecule has 2 N–H and O–H groups in total. The Hall–Kier alpha value is -3.07. The summed E-state index contributed by atoms with van der Waals surface area (Å²) in [4.78, 5) is 12.1. The summed E-state index contributed by atoms with van der Waals surface area (Å²) in [6.45, 7) is 7.24. The zero-order chi connectivity index (χ0) is 19.8. The first-order chi connectivity index (χ1) is 13.5. The van der Waals surface area contributed by atoms with Crippen LogP contribution in [-0.4, -0.2) is 10.5 Å². The molecule has 0 fully saturated rings. The first-order valence-corrected chi connectivity index (χ1v) is 9.89. The zero-order valence-corrected chi connectivity index (χ0v) is 16.8. The molecule has 0 saturated heterocycles.